The first-order valence-corrected chi connectivity index (χ1v) is 6.28. The summed E-state index contributed by atoms with van der Waals surface area (Å²) in [6.45, 7) is 10.4. The van der Waals surface area contributed by atoms with E-state index >= 15 is 0 Å². The zero-order valence-electron chi connectivity index (χ0n) is 10.5. The first-order chi connectivity index (χ1) is 6.99. The van der Waals surface area contributed by atoms with Crippen molar-refractivity contribution < 1.29 is 4.74 Å². The zero-order chi connectivity index (χ0) is 11.1. The maximum absolute atomic E-state index is 5.97. The Balaban J connectivity index is 2.21. The van der Waals surface area contributed by atoms with Crippen LogP contribution in [0.3, 0.4) is 0 Å². The summed E-state index contributed by atoms with van der Waals surface area (Å²) in [6.07, 6.45) is 8.72. The fourth-order valence-electron chi connectivity index (χ4n) is 3.68. The van der Waals surface area contributed by atoms with Crippen molar-refractivity contribution in [2.45, 2.75) is 53.1 Å². The summed E-state index contributed by atoms with van der Waals surface area (Å²) in [7, 11) is 0. The largest absolute Gasteiger partial charge is 0.373 e. The van der Waals surface area contributed by atoms with Gasteiger partial charge in [-0.05, 0) is 30.1 Å². The quantitative estimate of drug-likeness (QED) is 0.627. The summed E-state index contributed by atoms with van der Waals surface area (Å²) >= 11 is 0. The highest BCUT2D eigenvalue weighted by atomic mass is 16.5. The molecular weight excluding hydrogens is 184 g/mol. The molecule has 1 saturated heterocycles. The fourth-order valence-corrected chi connectivity index (χ4v) is 3.68. The third-order valence-corrected chi connectivity index (χ3v) is 4.43. The van der Waals surface area contributed by atoms with Gasteiger partial charge in [0.15, 0.2) is 0 Å². The summed E-state index contributed by atoms with van der Waals surface area (Å²) < 4.78 is 5.97. The molecule has 1 heteroatoms. The topological polar surface area (TPSA) is 9.23 Å². The number of allylic oxidation sites excluding steroid dienone is 1. The van der Waals surface area contributed by atoms with E-state index in [0.717, 1.165) is 13.0 Å². The Hall–Kier alpha value is -0.300. The number of ether oxygens (including phenoxy) is 1. The molecule has 0 aromatic carbocycles. The first kappa shape index (κ1) is 11.2. The fraction of sp³-hybridized carbons (Fsp3) is 0.857. The van der Waals surface area contributed by atoms with Crippen molar-refractivity contribution in [2.24, 2.45) is 16.7 Å². The SMILES string of the molecule is CCC=CC1OCC2(C)CCC(C)(C)C12. The number of hydrogen-bond donors (Lipinski definition) is 0. The van der Waals surface area contributed by atoms with E-state index in [9.17, 15) is 0 Å². The Labute approximate surface area is 93.9 Å². The molecule has 1 nitrogen and oxygen atoms in total. The van der Waals surface area contributed by atoms with Crippen LogP contribution in [0.4, 0.5) is 0 Å². The van der Waals surface area contributed by atoms with Crippen LogP contribution in [-0.2, 0) is 4.74 Å². The number of rotatable bonds is 2. The Bertz CT molecular complexity index is 267. The van der Waals surface area contributed by atoms with Crippen molar-refractivity contribution in [3.8, 4) is 0 Å². The van der Waals surface area contributed by atoms with Crippen LogP contribution >= 0.6 is 0 Å². The second-order valence-corrected chi connectivity index (χ2v) is 6.23. The third kappa shape index (κ3) is 1.75. The van der Waals surface area contributed by atoms with Crippen molar-refractivity contribution >= 4 is 0 Å². The standard InChI is InChI=1S/C14H24O/c1-5-6-7-11-12-13(2,3)8-9-14(12,4)10-15-11/h6-7,11-12H,5,8-10H2,1-4H3. The van der Waals surface area contributed by atoms with Crippen molar-refractivity contribution in [1.82, 2.24) is 0 Å². The van der Waals surface area contributed by atoms with Gasteiger partial charge < -0.3 is 4.74 Å². The molecule has 1 heterocycles. The van der Waals surface area contributed by atoms with Gasteiger partial charge in [0.05, 0.1) is 12.7 Å². The van der Waals surface area contributed by atoms with E-state index in [2.05, 4.69) is 39.8 Å². The van der Waals surface area contributed by atoms with Crippen LogP contribution in [0.25, 0.3) is 0 Å². The highest BCUT2D eigenvalue weighted by molar-refractivity contribution is 5.10. The predicted octanol–water partition coefficient (Wildman–Crippen LogP) is 3.79. The van der Waals surface area contributed by atoms with Gasteiger partial charge in [0.25, 0.3) is 0 Å². The van der Waals surface area contributed by atoms with E-state index in [0.29, 0.717) is 22.9 Å². The van der Waals surface area contributed by atoms with E-state index in [1.165, 1.54) is 12.8 Å². The second kappa shape index (κ2) is 3.62. The molecule has 2 fully saturated rings. The molecule has 2 rings (SSSR count). The Morgan fingerprint density at radius 1 is 1.27 bits per heavy atom. The molecule has 1 saturated carbocycles. The van der Waals surface area contributed by atoms with Gasteiger partial charge >= 0.3 is 0 Å². The van der Waals surface area contributed by atoms with E-state index in [1.54, 1.807) is 0 Å². The predicted molar refractivity (Wildman–Crippen MR) is 63.8 cm³/mol. The highest BCUT2D eigenvalue weighted by Gasteiger charge is 2.56. The molecule has 86 valence electrons. The van der Waals surface area contributed by atoms with Crippen LogP contribution in [0, 0.1) is 16.7 Å². The molecule has 3 unspecified atom stereocenters. The Morgan fingerprint density at radius 3 is 2.67 bits per heavy atom. The lowest BCUT2D eigenvalue weighted by Gasteiger charge is -2.32. The molecule has 0 aromatic heterocycles. The van der Waals surface area contributed by atoms with Crippen molar-refractivity contribution in [2.75, 3.05) is 6.61 Å². The molecule has 15 heavy (non-hydrogen) atoms. The van der Waals surface area contributed by atoms with Crippen molar-refractivity contribution in [3.05, 3.63) is 12.2 Å². The number of hydrogen-bond acceptors (Lipinski definition) is 1. The van der Waals surface area contributed by atoms with Crippen molar-refractivity contribution in [3.63, 3.8) is 0 Å². The van der Waals surface area contributed by atoms with Gasteiger partial charge in [0, 0.05) is 5.92 Å². The first-order valence-electron chi connectivity index (χ1n) is 6.28. The van der Waals surface area contributed by atoms with Crippen LogP contribution in [0.2, 0.25) is 0 Å². The molecular formula is C14H24O. The van der Waals surface area contributed by atoms with E-state index < -0.39 is 0 Å². The molecule has 3 atom stereocenters. The minimum absolute atomic E-state index is 0.368. The van der Waals surface area contributed by atoms with Gasteiger partial charge in [-0.3, -0.25) is 0 Å². The Morgan fingerprint density at radius 2 is 2.00 bits per heavy atom. The molecule has 0 aromatic rings. The van der Waals surface area contributed by atoms with Gasteiger partial charge in [-0.1, -0.05) is 39.8 Å². The molecule has 1 aliphatic carbocycles. The smallest absolute Gasteiger partial charge is 0.0795 e. The van der Waals surface area contributed by atoms with E-state index in [4.69, 9.17) is 4.74 Å². The van der Waals surface area contributed by atoms with Gasteiger partial charge in [-0.25, -0.2) is 0 Å². The van der Waals surface area contributed by atoms with Crippen LogP contribution in [0.5, 0.6) is 0 Å². The minimum Gasteiger partial charge on any atom is -0.373 e. The maximum Gasteiger partial charge on any atom is 0.0795 e. The van der Waals surface area contributed by atoms with Crippen LogP contribution in [0.1, 0.15) is 47.0 Å². The lowest BCUT2D eigenvalue weighted by molar-refractivity contribution is 0.0875. The molecule has 0 spiro atoms. The van der Waals surface area contributed by atoms with Gasteiger partial charge in [0.1, 0.15) is 0 Å². The number of fused-ring (bicyclic) bond motifs is 1. The zero-order valence-corrected chi connectivity index (χ0v) is 10.5. The van der Waals surface area contributed by atoms with Crippen LogP contribution in [-0.4, -0.2) is 12.7 Å². The van der Waals surface area contributed by atoms with Crippen LogP contribution in [0.15, 0.2) is 12.2 Å². The minimum atomic E-state index is 0.368. The highest BCUT2D eigenvalue weighted by Crippen LogP contribution is 2.59. The van der Waals surface area contributed by atoms with Crippen LogP contribution < -0.4 is 0 Å². The molecule has 0 radical (unpaired) electrons. The monoisotopic (exact) mass is 208 g/mol. The third-order valence-electron chi connectivity index (χ3n) is 4.43. The summed E-state index contributed by atoms with van der Waals surface area (Å²) in [5.41, 5.74) is 0.889. The summed E-state index contributed by atoms with van der Waals surface area (Å²) in [5, 5.41) is 0. The summed E-state index contributed by atoms with van der Waals surface area (Å²) in [5.74, 6) is 0.716. The van der Waals surface area contributed by atoms with Gasteiger partial charge in [-0.2, -0.15) is 0 Å². The average Bonchev–Trinajstić information content (AvgIpc) is 2.61. The maximum atomic E-state index is 5.97. The molecule has 2 aliphatic rings. The average molecular weight is 208 g/mol. The summed E-state index contributed by atoms with van der Waals surface area (Å²) in [6, 6.07) is 0. The van der Waals surface area contributed by atoms with E-state index in [1.807, 2.05) is 0 Å². The molecule has 0 amide bonds. The lowest BCUT2D eigenvalue weighted by atomic mass is 9.70. The molecule has 0 bridgehead atoms. The van der Waals surface area contributed by atoms with Crippen molar-refractivity contribution in [1.29, 1.82) is 0 Å². The van der Waals surface area contributed by atoms with Gasteiger partial charge in [-0.15, -0.1) is 0 Å². The van der Waals surface area contributed by atoms with Gasteiger partial charge in [0.2, 0.25) is 0 Å². The van der Waals surface area contributed by atoms with E-state index in [-0.39, 0.29) is 0 Å². The lowest BCUT2D eigenvalue weighted by Crippen LogP contribution is -2.32. The second-order valence-electron chi connectivity index (χ2n) is 6.23. The summed E-state index contributed by atoms with van der Waals surface area (Å²) in [4.78, 5) is 0. The normalized spacial score (nSPS) is 43.7. The molecule has 1 aliphatic heterocycles. The Kier molecular flexibility index (Phi) is 2.70. The molecule has 0 N–H and O–H groups in total.